The first kappa shape index (κ1) is 15.9. The summed E-state index contributed by atoms with van der Waals surface area (Å²) in [6.07, 6.45) is 1.98. The first-order valence-corrected chi connectivity index (χ1v) is 8.79. The maximum absolute atomic E-state index is 13.0. The zero-order valence-electron chi connectivity index (χ0n) is 11.3. The van der Waals surface area contributed by atoms with E-state index in [4.69, 9.17) is 0 Å². The van der Waals surface area contributed by atoms with Crippen LogP contribution in [0.1, 0.15) is 12.8 Å². The molecule has 2 rings (SSSR count). The molecular weight excluding hydrogens is 347 g/mol. The highest BCUT2D eigenvalue weighted by Crippen LogP contribution is 2.23. The number of hydrogen-bond donors (Lipinski definition) is 1. The number of nitrogens with one attached hydrogen (secondary N) is 1. The van der Waals surface area contributed by atoms with E-state index in [2.05, 4.69) is 32.6 Å². The Morgan fingerprint density at radius 3 is 2.65 bits per heavy atom. The van der Waals surface area contributed by atoms with Crippen LogP contribution >= 0.6 is 15.9 Å². The monoisotopic (exact) mass is 364 g/mol. The average Bonchev–Trinajstić information content (AvgIpc) is 2.37. The third-order valence-corrected chi connectivity index (χ3v) is 5.98. The van der Waals surface area contributed by atoms with Crippen LogP contribution in [0.5, 0.6) is 0 Å². The van der Waals surface area contributed by atoms with Crippen LogP contribution in [0.25, 0.3) is 0 Å². The quantitative estimate of drug-likeness (QED) is 0.890. The largest absolute Gasteiger partial charge is 0.306 e. The zero-order chi connectivity index (χ0) is 14.8. The Bertz CT molecular complexity index is 572. The lowest BCUT2D eigenvalue weighted by Crippen LogP contribution is -2.36. The second-order valence-electron chi connectivity index (χ2n) is 5.17. The number of hydrogen-bond acceptors (Lipinski definition) is 3. The standard InChI is InChI=1S/C13H18BrFN2O2S/c1-17-6-4-10(5-7-17)9-16-20(18,19)13-3-2-11(15)8-12(13)14/h2-3,8,10,16H,4-7,9H2,1H3. The Morgan fingerprint density at radius 2 is 2.05 bits per heavy atom. The van der Waals surface area contributed by atoms with Crippen molar-refractivity contribution in [1.82, 2.24) is 9.62 Å². The number of sulfonamides is 1. The average molecular weight is 365 g/mol. The molecule has 1 aliphatic rings. The van der Waals surface area contributed by atoms with Crippen molar-refractivity contribution in [3.63, 3.8) is 0 Å². The molecule has 1 saturated heterocycles. The van der Waals surface area contributed by atoms with Crippen LogP contribution in [-0.2, 0) is 10.0 Å². The van der Waals surface area contributed by atoms with Crippen molar-refractivity contribution >= 4 is 26.0 Å². The highest BCUT2D eigenvalue weighted by molar-refractivity contribution is 9.10. The van der Waals surface area contributed by atoms with E-state index in [1.165, 1.54) is 6.07 Å². The first-order chi connectivity index (χ1) is 9.38. The smallest absolute Gasteiger partial charge is 0.241 e. The van der Waals surface area contributed by atoms with Gasteiger partial charge in [0.25, 0.3) is 0 Å². The highest BCUT2D eigenvalue weighted by atomic mass is 79.9. The van der Waals surface area contributed by atoms with Crippen molar-refractivity contribution in [2.24, 2.45) is 5.92 Å². The van der Waals surface area contributed by atoms with Gasteiger partial charge in [-0.3, -0.25) is 0 Å². The Balaban J connectivity index is 2.00. The summed E-state index contributed by atoms with van der Waals surface area (Å²) in [5, 5.41) is 0. The van der Waals surface area contributed by atoms with Gasteiger partial charge >= 0.3 is 0 Å². The molecule has 0 radical (unpaired) electrons. The van der Waals surface area contributed by atoms with Crippen LogP contribution in [-0.4, -0.2) is 40.0 Å². The Kier molecular flexibility index (Phi) is 5.17. The summed E-state index contributed by atoms with van der Waals surface area (Å²) in [6, 6.07) is 3.58. The second-order valence-corrected chi connectivity index (χ2v) is 7.76. The fourth-order valence-electron chi connectivity index (χ4n) is 2.26. The summed E-state index contributed by atoms with van der Waals surface area (Å²) in [5.41, 5.74) is 0. The summed E-state index contributed by atoms with van der Waals surface area (Å²) in [6.45, 7) is 2.42. The fraction of sp³-hybridized carbons (Fsp3) is 0.538. The van der Waals surface area contributed by atoms with Crippen LogP contribution < -0.4 is 4.72 Å². The van der Waals surface area contributed by atoms with Crippen molar-refractivity contribution in [2.75, 3.05) is 26.7 Å². The normalized spacial score (nSPS) is 18.4. The molecule has 20 heavy (non-hydrogen) atoms. The minimum atomic E-state index is -3.60. The van der Waals surface area contributed by atoms with Gasteiger partial charge in [0.05, 0.1) is 4.90 Å². The van der Waals surface area contributed by atoms with Gasteiger partial charge in [-0.1, -0.05) is 0 Å². The summed E-state index contributed by atoms with van der Waals surface area (Å²) in [7, 11) is -1.53. The van der Waals surface area contributed by atoms with E-state index >= 15 is 0 Å². The summed E-state index contributed by atoms with van der Waals surface area (Å²) in [4.78, 5) is 2.31. The highest BCUT2D eigenvalue weighted by Gasteiger charge is 2.22. The van der Waals surface area contributed by atoms with Gasteiger partial charge in [-0.25, -0.2) is 17.5 Å². The minimum Gasteiger partial charge on any atom is -0.306 e. The molecular formula is C13H18BrFN2O2S. The van der Waals surface area contributed by atoms with E-state index < -0.39 is 15.8 Å². The summed E-state index contributed by atoms with van der Waals surface area (Å²) >= 11 is 3.09. The third-order valence-electron chi connectivity index (χ3n) is 3.58. The number of nitrogens with zero attached hydrogens (tertiary/aromatic N) is 1. The number of halogens is 2. The lowest BCUT2D eigenvalue weighted by molar-refractivity contribution is 0.220. The van der Waals surface area contributed by atoms with Gasteiger partial charge in [0.2, 0.25) is 10.0 Å². The fourth-order valence-corrected chi connectivity index (χ4v) is 4.43. The van der Waals surface area contributed by atoms with Crippen LogP contribution in [0.4, 0.5) is 4.39 Å². The van der Waals surface area contributed by atoms with Gasteiger partial charge in [-0.2, -0.15) is 0 Å². The number of piperidine rings is 1. The van der Waals surface area contributed by atoms with Crippen LogP contribution in [0.3, 0.4) is 0 Å². The van der Waals surface area contributed by atoms with Crippen LogP contribution in [0.15, 0.2) is 27.6 Å². The van der Waals surface area contributed by atoms with Crippen molar-refractivity contribution < 1.29 is 12.8 Å². The van der Waals surface area contributed by atoms with Gasteiger partial charge in [0.15, 0.2) is 0 Å². The van der Waals surface area contributed by atoms with E-state index in [1.807, 2.05) is 0 Å². The van der Waals surface area contributed by atoms with Crippen molar-refractivity contribution in [2.45, 2.75) is 17.7 Å². The molecule has 1 aromatic rings. The van der Waals surface area contributed by atoms with Gasteiger partial charge in [0.1, 0.15) is 5.82 Å². The topological polar surface area (TPSA) is 49.4 Å². The molecule has 1 aromatic carbocycles. The summed E-state index contributed by atoms with van der Waals surface area (Å²) < 4.78 is 40.3. The maximum atomic E-state index is 13.0. The Morgan fingerprint density at radius 1 is 1.40 bits per heavy atom. The predicted molar refractivity (Wildman–Crippen MR) is 79.5 cm³/mol. The van der Waals surface area contributed by atoms with E-state index in [1.54, 1.807) is 0 Å². The molecule has 1 aliphatic heterocycles. The molecule has 0 saturated carbocycles. The molecule has 0 unspecified atom stereocenters. The molecule has 0 aliphatic carbocycles. The van der Waals surface area contributed by atoms with Crippen molar-refractivity contribution in [1.29, 1.82) is 0 Å². The maximum Gasteiger partial charge on any atom is 0.241 e. The molecule has 0 spiro atoms. The predicted octanol–water partition coefficient (Wildman–Crippen LogP) is 2.21. The lowest BCUT2D eigenvalue weighted by atomic mass is 9.98. The van der Waals surface area contributed by atoms with Crippen molar-refractivity contribution in [3.05, 3.63) is 28.5 Å². The van der Waals surface area contributed by atoms with E-state index in [0.717, 1.165) is 38.1 Å². The molecule has 0 atom stereocenters. The number of likely N-dealkylation sites (tertiary alicyclic amines) is 1. The lowest BCUT2D eigenvalue weighted by Gasteiger charge is -2.28. The van der Waals surface area contributed by atoms with E-state index in [0.29, 0.717) is 12.5 Å². The summed E-state index contributed by atoms with van der Waals surface area (Å²) in [5.74, 6) is -0.105. The van der Waals surface area contributed by atoms with Gasteiger partial charge in [0, 0.05) is 11.0 Å². The van der Waals surface area contributed by atoms with Crippen molar-refractivity contribution in [3.8, 4) is 0 Å². The Labute approximate surface area is 127 Å². The Hall–Kier alpha value is -0.500. The number of rotatable bonds is 4. The molecule has 0 amide bonds. The van der Waals surface area contributed by atoms with E-state index in [-0.39, 0.29) is 9.37 Å². The van der Waals surface area contributed by atoms with Crippen LogP contribution in [0, 0.1) is 11.7 Å². The zero-order valence-corrected chi connectivity index (χ0v) is 13.7. The third kappa shape index (κ3) is 4.00. The van der Waals surface area contributed by atoms with E-state index in [9.17, 15) is 12.8 Å². The molecule has 1 fully saturated rings. The minimum absolute atomic E-state index is 0.0758. The van der Waals surface area contributed by atoms with Crippen LogP contribution in [0.2, 0.25) is 0 Å². The first-order valence-electron chi connectivity index (χ1n) is 6.52. The number of benzene rings is 1. The molecule has 4 nitrogen and oxygen atoms in total. The van der Waals surface area contributed by atoms with Gasteiger partial charge < -0.3 is 4.90 Å². The van der Waals surface area contributed by atoms with Gasteiger partial charge in [-0.15, -0.1) is 0 Å². The van der Waals surface area contributed by atoms with Gasteiger partial charge in [-0.05, 0) is 73.0 Å². The second kappa shape index (κ2) is 6.51. The molecule has 0 aromatic heterocycles. The molecule has 7 heteroatoms. The molecule has 112 valence electrons. The molecule has 1 heterocycles. The molecule has 0 bridgehead atoms. The SMILES string of the molecule is CN1CCC(CNS(=O)(=O)c2ccc(F)cc2Br)CC1. The molecule has 1 N–H and O–H groups in total.